The Kier molecular flexibility index (Phi) is 4.30. The summed E-state index contributed by atoms with van der Waals surface area (Å²) < 4.78 is 37.8. The van der Waals surface area contributed by atoms with Crippen LogP contribution in [0, 0.1) is 0 Å². The third-order valence-electron chi connectivity index (χ3n) is 3.60. The van der Waals surface area contributed by atoms with Crippen molar-refractivity contribution in [3.63, 3.8) is 0 Å². The monoisotopic (exact) mass is 369 g/mol. The van der Waals surface area contributed by atoms with Gasteiger partial charge in [-0.1, -0.05) is 17.7 Å². The van der Waals surface area contributed by atoms with E-state index in [4.69, 9.17) is 11.6 Å². The Labute approximate surface area is 143 Å². The van der Waals surface area contributed by atoms with Crippen molar-refractivity contribution in [3.05, 3.63) is 68.6 Å². The second-order valence-corrected chi connectivity index (χ2v) is 5.73. The highest BCUT2D eigenvalue weighted by Gasteiger charge is 2.30. The van der Waals surface area contributed by atoms with E-state index in [0.717, 1.165) is 12.1 Å². The van der Waals surface area contributed by atoms with Gasteiger partial charge in [0.2, 0.25) is 0 Å². The molecule has 9 heteroatoms. The molecule has 1 amide bonds. The van der Waals surface area contributed by atoms with Gasteiger partial charge < -0.3 is 15.3 Å². The van der Waals surface area contributed by atoms with Crippen molar-refractivity contribution in [2.45, 2.75) is 12.7 Å². The molecule has 1 aromatic heterocycles. The Morgan fingerprint density at radius 3 is 2.48 bits per heavy atom. The Bertz CT molecular complexity index is 1010. The van der Waals surface area contributed by atoms with Gasteiger partial charge in [0.25, 0.3) is 5.91 Å². The average Bonchev–Trinajstić information content (AvgIpc) is 2.91. The number of carbonyl (C=O) groups is 1. The number of hydrogen-bond acceptors (Lipinski definition) is 2. The molecule has 0 radical (unpaired) electrons. The second-order valence-electron chi connectivity index (χ2n) is 5.33. The van der Waals surface area contributed by atoms with Gasteiger partial charge in [0.1, 0.15) is 0 Å². The summed E-state index contributed by atoms with van der Waals surface area (Å²) in [5.41, 5.74) is 0.459. The summed E-state index contributed by atoms with van der Waals surface area (Å²) in [7, 11) is 0. The van der Waals surface area contributed by atoms with Crippen LogP contribution in [0.15, 0.2) is 41.2 Å². The van der Waals surface area contributed by atoms with E-state index in [2.05, 4.69) is 15.3 Å². The van der Waals surface area contributed by atoms with Crippen LogP contribution in [-0.4, -0.2) is 15.9 Å². The molecule has 0 aliphatic carbocycles. The lowest BCUT2D eigenvalue weighted by Gasteiger charge is -2.11. The van der Waals surface area contributed by atoms with Crippen LogP contribution in [0.3, 0.4) is 0 Å². The van der Waals surface area contributed by atoms with Crippen LogP contribution >= 0.6 is 11.6 Å². The molecule has 0 spiro atoms. The normalized spacial score (nSPS) is 11.7. The van der Waals surface area contributed by atoms with Crippen molar-refractivity contribution in [1.29, 1.82) is 0 Å². The number of imidazole rings is 1. The number of aromatic amines is 2. The first kappa shape index (κ1) is 17.1. The van der Waals surface area contributed by atoms with E-state index in [0.29, 0.717) is 22.2 Å². The molecule has 0 aliphatic heterocycles. The summed E-state index contributed by atoms with van der Waals surface area (Å²) in [5, 5.41) is 2.50. The SMILES string of the molecule is O=C(NCc1ccc(C(F)(F)F)cc1Cl)c1ccc2[nH]c(=O)[nH]c2c1. The van der Waals surface area contributed by atoms with Gasteiger partial charge in [0.15, 0.2) is 0 Å². The van der Waals surface area contributed by atoms with Crippen LogP contribution in [-0.2, 0) is 12.7 Å². The highest BCUT2D eigenvalue weighted by molar-refractivity contribution is 6.31. The first-order valence-electron chi connectivity index (χ1n) is 7.10. The summed E-state index contributed by atoms with van der Waals surface area (Å²) >= 11 is 5.85. The smallest absolute Gasteiger partial charge is 0.348 e. The summed E-state index contributed by atoms with van der Waals surface area (Å²) in [6.07, 6.45) is -4.48. The third-order valence-corrected chi connectivity index (χ3v) is 3.95. The van der Waals surface area contributed by atoms with Gasteiger partial charge in [-0.25, -0.2) is 4.79 Å². The number of alkyl halides is 3. The van der Waals surface area contributed by atoms with Crippen LogP contribution in [0.2, 0.25) is 5.02 Å². The maximum Gasteiger partial charge on any atom is 0.416 e. The molecule has 0 atom stereocenters. The lowest BCUT2D eigenvalue weighted by Crippen LogP contribution is -2.23. The molecule has 0 bridgehead atoms. The number of H-pyrrole nitrogens is 2. The fraction of sp³-hybridized carbons (Fsp3) is 0.125. The topological polar surface area (TPSA) is 77.8 Å². The quantitative estimate of drug-likeness (QED) is 0.661. The lowest BCUT2D eigenvalue weighted by atomic mass is 10.1. The number of benzene rings is 2. The van der Waals surface area contributed by atoms with Gasteiger partial charge in [-0.15, -0.1) is 0 Å². The summed E-state index contributed by atoms with van der Waals surface area (Å²) in [6, 6.07) is 7.54. The average molecular weight is 370 g/mol. The number of halogens is 4. The molecule has 3 N–H and O–H groups in total. The Morgan fingerprint density at radius 1 is 1.08 bits per heavy atom. The Hall–Kier alpha value is -2.74. The van der Waals surface area contributed by atoms with E-state index in [1.807, 2.05) is 0 Å². The van der Waals surface area contributed by atoms with Crippen molar-refractivity contribution in [1.82, 2.24) is 15.3 Å². The fourth-order valence-corrected chi connectivity index (χ4v) is 2.57. The van der Waals surface area contributed by atoms with Crippen LogP contribution in [0.25, 0.3) is 11.0 Å². The van der Waals surface area contributed by atoms with Gasteiger partial charge in [-0.3, -0.25) is 4.79 Å². The molecule has 0 aliphatic rings. The molecule has 0 unspecified atom stereocenters. The number of aromatic nitrogens is 2. The van der Waals surface area contributed by atoms with E-state index in [1.165, 1.54) is 18.2 Å². The molecule has 0 saturated heterocycles. The van der Waals surface area contributed by atoms with Gasteiger partial charge >= 0.3 is 11.9 Å². The maximum atomic E-state index is 12.6. The standard InChI is InChI=1S/C16H11ClF3N3O2/c17-11-6-10(16(18,19)20)3-1-9(11)7-21-14(24)8-2-4-12-13(5-8)23-15(25)22-12/h1-6H,7H2,(H,21,24)(H2,22,23,25). The summed E-state index contributed by atoms with van der Waals surface area (Å²) in [6.45, 7) is -0.0303. The molecule has 130 valence electrons. The first-order valence-corrected chi connectivity index (χ1v) is 7.48. The van der Waals surface area contributed by atoms with Crippen molar-refractivity contribution < 1.29 is 18.0 Å². The van der Waals surface area contributed by atoms with E-state index < -0.39 is 17.6 Å². The van der Waals surface area contributed by atoms with Gasteiger partial charge in [-0.05, 0) is 35.9 Å². The molecule has 0 saturated carbocycles. The molecule has 5 nitrogen and oxygen atoms in total. The predicted molar refractivity (Wildman–Crippen MR) is 86.5 cm³/mol. The van der Waals surface area contributed by atoms with Gasteiger partial charge in [0.05, 0.1) is 16.6 Å². The molecule has 3 aromatic rings. The van der Waals surface area contributed by atoms with Crippen LogP contribution in [0.5, 0.6) is 0 Å². The van der Waals surface area contributed by atoms with E-state index in [1.54, 1.807) is 6.07 Å². The molecule has 2 aromatic carbocycles. The highest BCUT2D eigenvalue weighted by Crippen LogP contribution is 2.32. The number of fused-ring (bicyclic) bond motifs is 1. The largest absolute Gasteiger partial charge is 0.416 e. The molecule has 25 heavy (non-hydrogen) atoms. The second kappa shape index (κ2) is 6.29. The van der Waals surface area contributed by atoms with E-state index >= 15 is 0 Å². The highest BCUT2D eigenvalue weighted by atomic mass is 35.5. The fourth-order valence-electron chi connectivity index (χ4n) is 2.32. The van der Waals surface area contributed by atoms with Crippen molar-refractivity contribution >= 4 is 28.5 Å². The predicted octanol–water partition coefficient (Wildman–Crippen LogP) is 3.46. The summed E-state index contributed by atoms with van der Waals surface area (Å²) in [4.78, 5) is 28.5. The molecule has 0 fully saturated rings. The third kappa shape index (κ3) is 3.69. The molecular weight excluding hydrogens is 359 g/mol. The molecule has 1 heterocycles. The van der Waals surface area contributed by atoms with E-state index in [-0.39, 0.29) is 17.3 Å². The lowest BCUT2D eigenvalue weighted by molar-refractivity contribution is -0.137. The zero-order chi connectivity index (χ0) is 18.2. The van der Waals surface area contributed by atoms with Crippen LogP contribution in [0.4, 0.5) is 13.2 Å². The number of rotatable bonds is 3. The maximum absolute atomic E-state index is 12.6. The minimum Gasteiger partial charge on any atom is -0.348 e. The Morgan fingerprint density at radius 2 is 1.80 bits per heavy atom. The number of amides is 1. The molecular formula is C16H11ClF3N3O2. The Balaban J connectivity index is 1.74. The van der Waals surface area contributed by atoms with E-state index in [9.17, 15) is 22.8 Å². The summed E-state index contributed by atoms with van der Waals surface area (Å²) in [5.74, 6) is -0.445. The zero-order valence-electron chi connectivity index (χ0n) is 12.5. The molecule has 3 rings (SSSR count). The minimum atomic E-state index is -4.48. The van der Waals surface area contributed by atoms with Crippen LogP contribution in [0.1, 0.15) is 21.5 Å². The number of hydrogen-bond donors (Lipinski definition) is 3. The van der Waals surface area contributed by atoms with Gasteiger partial charge in [0, 0.05) is 17.1 Å². The van der Waals surface area contributed by atoms with Crippen LogP contribution < -0.4 is 11.0 Å². The first-order chi connectivity index (χ1) is 11.7. The number of carbonyl (C=O) groups excluding carboxylic acids is 1. The zero-order valence-corrected chi connectivity index (χ0v) is 13.3. The van der Waals surface area contributed by atoms with Crippen molar-refractivity contribution in [3.8, 4) is 0 Å². The van der Waals surface area contributed by atoms with Crippen molar-refractivity contribution in [2.75, 3.05) is 0 Å². The minimum absolute atomic E-state index is 0.0303. The van der Waals surface area contributed by atoms with Gasteiger partial charge in [-0.2, -0.15) is 13.2 Å². The number of nitrogens with one attached hydrogen (secondary N) is 3. The van der Waals surface area contributed by atoms with Crippen molar-refractivity contribution in [2.24, 2.45) is 0 Å².